The first-order valence-electron chi connectivity index (χ1n) is 6.66. The molecule has 106 valence electrons. The van der Waals surface area contributed by atoms with Gasteiger partial charge in [-0.15, -0.1) is 0 Å². The molecule has 0 amide bonds. The Kier molecular flexibility index (Phi) is 4.02. The van der Waals surface area contributed by atoms with Gasteiger partial charge in [0.15, 0.2) is 0 Å². The highest BCUT2D eigenvalue weighted by Crippen LogP contribution is 2.32. The zero-order chi connectivity index (χ0) is 14.0. The second kappa shape index (κ2) is 5.39. The van der Waals surface area contributed by atoms with Crippen molar-refractivity contribution in [1.29, 1.82) is 0 Å². The molecule has 3 atom stereocenters. The van der Waals surface area contributed by atoms with Gasteiger partial charge in [0.05, 0.1) is 5.56 Å². The van der Waals surface area contributed by atoms with E-state index < -0.39 is 11.7 Å². The molecule has 2 rings (SSSR count). The number of nitrogens with zero attached hydrogens (tertiary/aromatic N) is 1. The van der Waals surface area contributed by atoms with E-state index in [1.54, 1.807) is 0 Å². The van der Waals surface area contributed by atoms with Crippen LogP contribution >= 0.6 is 0 Å². The monoisotopic (exact) mass is 272 g/mol. The smallest absolute Gasteiger partial charge is 0.367 e. The van der Waals surface area contributed by atoms with E-state index in [1.807, 2.05) is 0 Å². The van der Waals surface area contributed by atoms with Gasteiger partial charge >= 0.3 is 6.18 Å². The Hall–Kier alpha value is -1.26. The predicted molar refractivity (Wildman–Crippen MR) is 68.8 cm³/mol. The zero-order valence-electron chi connectivity index (χ0n) is 11.2. The van der Waals surface area contributed by atoms with Crippen LogP contribution in [0.5, 0.6) is 0 Å². The van der Waals surface area contributed by atoms with Crippen LogP contribution < -0.4 is 5.32 Å². The first kappa shape index (κ1) is 14.2. The van der Waals surface area contributed by atoms with Crippen molar-refractivity contribution in [3.8, 4) is 0 Å². The van der Waals surface area contributed by atoms with E-state index in [0.717, 1.165) is 37.4 Å². The first-order valence-corrected chi connectivity index (χ1v) is 6.66. The molecule has 1 heterocycles. The third kappa shape index (κ3) is 3.61. The van der Waals surface area contributed by atoms with E-state index in [1.165, 1.54) is 6.07 Å². The maximum absolute atomic E-state index is 12.4. The van der Waals surface area contributed by atoms with Gasteiger partial charge < -0.3 is 5.32 Å². The molecule has 1 aromatic rings. The molecule has 1 fully saturated rings. The number of halogens is 3. The second-order valence-corrected chi connectivity index (χ2v) is 5.58. The quantitative estimate of drug-likeness (QED) is 0.866. The molecule has 1 N–H and O–H groups in total. The lowest BCUT2D eigenvalue weighted by Gasteiger charge is -2.33. The van der Waals surface area contributed by atoms with E-state index in [9.17, 15) is 13.2 Å². The molecule has 0 saturated heterocycles. The second-order valence-electron chi connectivity index (χ2n) is 5.58. The Bertz CT molecular complexity index is 414. The molecular formula is C14H19F3N2. The van der Waals surface area contributed by atoms with Gasteiger partial charge in [-0.2, -0.15) is 13.2 Å². The van der Waals surface area contributed by atoms with Crippen molar-refractivity contribution in [2.24, 2.45) is 11.8 Å². The molecule has 0 spiro atoms. The number of alkyl halides is 3. The van der Waals surface area contributed by atoms with Crippen molar-refractivity contribution < 1.29 is 13.2 Å². The minimum atomic E-state index is -4.32. The lowest BCUT2D eigenvalue weighted by atomic mass is 9.80. The third-order valence-corrected chi connectivity index (χ3v) is 3.86. The van der Waals surface area contributed by atoms with Gasteiger partial charge in [0.1, 0.15) is 5.82 Å². The zero-order valence-corrected chi connectivity index (χ0v) is 11.2. The normalized spacial score (nSPS) is 28.2. The van der Waals surface area contributed by atoms with Crippen LogP contribution in [0.1, 0.15) is 38.7 Å². The van der Waals surface area contributed by atoms with Gasteiger partial charge in [-0.3, -0.25) is 0 Å². The number of nitrogens with one attached hydrogen (secondary N) is 1. The molecule has 1 aromatic heterocycles. The van der Waals surface area contributed by atoms with Crippen molar-refractivity contribution in [2.45, 2.75) is 45.3 Å². The summed E-state index contributed by atoms with van der Waals surface area (Å²) < 4.78 is 37.3. The minimum Gasteiger partial charge on any atom is -0.367 e. The Labute approximate surface area is 111 Å². The summed E-state index contributed by atoms with van der Waals surface area (Å²) in [6.45, 7) is 4.42. The highest BCUT2D eigenvalue weighted by atomic mass is 19.4. The van der Waals surface area contributed by atoms with Crippen molar-refractivity contribution in [1.82, 2.24) is 4.98 Å². The van der Waals surface area contributed by atoms with Crippen LogP contribution in [-0.4, -0.2) is 11.0 Å². The van der Waals surface area contributed by atoms with E-state index in [-0.39, 0.29) is 0 Å². The summed E-state index contributed by atoms with van der Waals surface area (Å²) in [6, 6.07) is 2.79. The fourth-order valence-electron chi connectivity index (χ4n) is 2.72. The third-order valence-electron chi connectivity index (χ3n) is 3.86. The van der Waals surface area contributed by atoms with E-state index >= 15 is 0 Å². The van der Waals surface area contributed by atoms with E-state index in [2.05, 4.69) is 24.1 Å². The average molecular weight is 272 g/mol. The molecule has 19 heavy (non-hydrogen) atoms. The maximum atomic E-state index is 12.4. The Morgan fingerprint density at radius 2 is 1.95 bits per heavy atom. The van der Waals surface area contributed by atoms with Crippen LogP contribution in [0.2, 0.25) is 0 Å². The molecule has 5 heteroatoms. The Balaban J connectivity index is 2.00. The van der Waals surface area contributed by atoms with Crippen LogP contribution in [0.4, 0.5) is 19.0 Å². The summed E-state index contributed by atoms with van der Waals surface area (Å²) in [5, 5.41) is 3.25. The molecule has 0 bridgehead atoms. The topological polar surface area (TPSA) is 24.9 Å². The van der Waals surface area contributed by atoms with Crippen molar-refractivity contribution >= 4 is 5.82 Å². The first-order chi connectivity index (χ1) is 8.86. The van der Waals surface area contributed by atoms with Crippen molar-refractivity contribution in [3.63, 3.8) is 0 Å². The van der Waals surface area contributed by atoms with E-state index in [0.29, 0.717) is 17.8 Å². The summed E-state index contributed by atoms with van der Waals surface area (Å²) >= 11 is 0. The summed E-state index contributed by atoms with van der Waals surface area (Å²) in [6.07, 6.45) is -0.0798. The molecular weight excluding hydrogens is 253 g/mol. The van der Waals surface area contributed by atoms with Gasteiger partial charge in [-0.25, -0.2) is 4.98 Å². The minimum absolute atomic E-state index is 0.306. The molecule has 0 aliphatic heterocycles. The SMILES string of the molecule is CC1CCC(Nc2ccc(C(F)(F)F)cn2)C(C)C1. The van der Waals surface area contributed by atoms with Gasteiger partial charge in [-0.1, -0.05) is 13.8 Å². The van der Waals surface area contributed by atoms with Crippen LogP contribution in [0, 0.1) is 11.8 Å². The molecule has 1 aliphatic rings. The fourth-order valence-corrected chi connectivity index (χ4v) is 2.72. The summed E-state index contributed by atoms with van der Waals surface area (Å²) in [5.41, 5.74) is -0.705. The molecule has 3 unspecified atom stereocenters. The predicted octanol–water partition coefficient (Wildman–Crippen LogP) is 4.34. The standard InChI is InChI=1S/C14H19F3N2/c1-9-3-5-12(10(2)7-9)19-13-6-4-11(8-18-13)14(15,16)17/h4,6,8-10,12H,3,5,7H2,1-2H3,(H,18,19). The number of hydrogen-bond acceptors (Lipinski definition) is 2. The molecule has 0 radical (unpaired) electrons. The summed E-state index contributed by atoms with van der Waals surface area (Å²) in [4.78, 5) is 3.86. The van der Waals surface area contributed by atoms with Gasteiger partial charge in [0.25, 0.3) is 0 Å². The lowest BCUT2D eigenvalue weighted by molar-refractivity contribution is -0.137. The molecule has 1 saturated carbocycles. The molecule has 1 aliphatic carbocycles. The van der Waals surface area contributed by atoms with Crippen molar-refractivity contribution in [2.75, 3.05) is 5.32 Å². The van der Waals surface area contributed by atoms with Crippen LogP contribution in [0.15, 0.2) is 18.3 Å². The van der Waals surface area contributed by atoms with Crippen LogP contribution in [0.3, 0.4) is 0 Å². The number of aromatic nitrogens is 1. The van der Waals surface area contributed by atoms with Gasteiger partial charge in [0.2, 0.25) is 0 Å². The summed E-state index contributed by atoms with van der Waals surface area (Å²) in [5.74, 6) is 1.78. The van der Waals surface area contributed by atoms with Crippen molar-refractivity contribution in [3.05, 3.63) is 23.9 Å². The van der Waals surface area contributed by atoms with Gasteiger partial charge in [0, 0.05) is 12.2 Å². The largest absolute Gasteiger partial charge is 0.417 e. The Morgan fingerprint density at radius 1 is 1.21 bits per heavy atom. The number of anilines is 1. The number of hydrogen-bond donors (Lipinski definition) is 1. The Morgan fingerprint density at radius 3 is 2.47 bits per heavy atom. The fraction of sp³-hybridized carbons (Fsp3) is 0.643. The summed E-state index contributed by atoms with van der Waals surface area (Å²) in [7, 11) is 0. The highest BCUT2D eigenvalue weighted by Gasteiger charge is 2.31. The maximum Gasteiger partial charge on any atom is 0.417 e. The highest BCUT2D eigenvalue weighted by molar-refractivity contribution is 5.37. The number of pyridine rings is 1. The van der Waals surface area contributed by atoms with Crippen LogP contribution in [-0.2, 0) is 6.18 Å². The lowest BCUT2D eigenvalue weighted by Crippen LogP contribution is -2.33. The average Bonchev–Trinajstić information content (AvgIpc) is 2.32. The number of rotatable bonds is 2. The van der Waals surface area contributed by atoms with E-state index in [4.69, 9.17) is 0 Å². The molecule has 0 aromatic carbocycles. The van der Waals surface area contributed by atoms with Crippen LogP contribution in [0.25, 0.3) is 0 Å². The molecule has 2 nitrogen and oxygen atoms in total. The van der Waals surface area contributed by atoms with Gasteiger partial charge in [-0.05, 0) is 43.2 Å².